The normalized spacial score (nSPS) is 18.3. The van der Waals surface area contributed by atoms with Gasteiger partial charge in [-0.1, -0.05) is 13.0 Å². The minimum atomic E-state index is 0.140. The molecule has 0 saturated heterocycles. The molecule has 2 aromatic rings. The summed E-state index contributed by atoms with van der Waals surface area (Å²) in [4.78, 5) is 0. The lowest BCUT2D eigenvalue weighted by Gasteiger charge is -2.26. The molecule has 1 atom stereocenters. The number of aryl methyl sites for hydroxylation is 1. The molecule has 1 aliphatic heterocycles. The van der Waals surface area contributed by atoms with Crippen LogP contribution in [-0.2, 0) is 13.0 Å². The molecule has 0 radical (unpaired) electrons. The summed E-state index contributed by atoms with van der Waals surface area (Å²) in [7, 11) is 0. The fourth-order valence-electron chi connectivity index (χ4n) is 2.72. The van der Waals surface area contributed by atoms with Crippen molar-refractivity contribution in [2.75, 3.05) is 6.54 Å². The number of aromatic hydroxyl groups is 1. The van der Waals surface area contributed by atoms with Gasteiger partial charge in [0, 0.05) is 24.8 Å². The van der Waals surface area contributed by atoms with Crippen molar-refractivity contribution in [1.82, 2.24) is 15.1 Å². The zero-order chi connectivity index (χ0) is 13.2. The van der Waals surface area contributed by atoms with Crippen LogP contribution in [0.2, 0.25) is 0 Å². The van der Waals surface area contributed by atoms with E-state index in [0.717, 1.165) is 25.9 Å². The lowest BCUT2D eigenvalue weighted by Crippen LogP contribution is -2.30. The third-order valence-corrected chi connectivity index (χ3v) is 3.62. The molecule has 1 aliphatic rings. The summed E-state index contributed by atoms with van der Waals surface area (Å²) in [6.07, 6.45) is 6.11. The van der Waals surface area contributed by atoms with E-state index in [1.54, 1.807) is 6.07 Å². The van der Waals surface area contributed by atoms with Crippen LogP contribution < -0.4 is 5.32 Å². The van der Waals surface area contributed by atoms with Crippen molar-refractivity contribution in [2.45, 2.75) is 32.4 Å². The molecular formula is C15H19N3O. The van der Waals surface area contributed by atoms with Gasteiger partial charge in [0.05, 0.1) is 12.2 Å². The van der Waals surface area contributed by atoms with Crippen LogP contribution in [0.25, 0.3) is 0 Å². The van der Waals surface area contributed by atoms with Gasteiger partial charge in [0.15, 0.2) is 0 Å². The van der Waals surface area contributed by atoms with E-state index in [4.69, 9.17) is 0 Å². The molecule has 0 bridgehead atoms. The first-order chi connectivity index (χ1) is 9.28. The molecular weight excluding hydrogens is 238 g/mol. The van der Waals surface area contributed by atoms with Crippen LogP contribution in [0.15, 0.2) is 30.6 Å². The van der Waals surface area contributed by atoms with E-state index in [1.807, 2.05) is 23.0 Å². The molecule has 2 N–H and O–H groups in total. The molecule has 0 amide bonds. The lowest BCUT2D eigenvalue weighted by molar-refractivity contribution is 0.470. The summed E-state index contributed by atoms with van der Waals surface area (Å²) in [5.74, 6) is 0.327. The molecule has 4 nitrogen and oxygen atoms in total. The van der Waals surface area contributed by atoms with Crippen molar-refractivity contribution in [2.24, 2.45) is 0 Å². The number of rotatable bonds is 3. The highest BCUT2D eigenvalue weighted by atomic mass is 16.3. The zero-order valence-electron chi connectivity index (χ0n) is 11.1. The van der Waals surface area contributed by atoms with Gasteiger partial charge in [-0.3, -0.25) is 4.68 Å². The van der Waals surface area contributed by atoms with Crippen molar-refractivity contribution < 1.29 is 5.11 Å². The van der Waals surface area contributed by atoms with Gasteiger partial charge in [0.2, 0.25) is 0 Å². The minimum Gasteiger partial charge on any atom is -0.508 e. The topological polar surface area (TPSA) is 50.1 Å². The third-order valence-electron chi connectivity index (χ3n) is 3.62. The van der Waals surface area contributed by atoms with Gasteiger partial charge in [-0.25, -0.2) is 0 Å². The van der Waals surface area contributed by atoms with E-state index < -0.39 is 0 Å². The molecule has 2 heterocycles. The molecule has 3 rings (SSSR count). The number of fused-ring (bicyclic) bond motifs is 1. The summed E-state index contributed by atoms with van der Waals surface area (Å²) in [5, 5.41) is 17.6. The molecule has 1 aromatic carbocycles. The first-order valence-electron chi connectivity index (χ1n) is 6.85. The average molecular weight is 257 g/mol. The predicted octanol–water partition coefficient (Wildman–Crippen LogP) is 2.23. The monoisotopic (exact) mass is 257 g/mol. The Bertz CT molecular complexity index is 577. The van der Waals surface area contributed by atoms with Crippen LogP contribution in [0.1, 0.15) is 36.1 Å². The van der Waals surface area contributed by atoms with Crippen molar-refractivity contribution in [3.63, 3.8) is 0 Å². The van der Waals surface area contributed by atoms with E-state index in [-0.39, 0.29) is 6.04 Å². The second-order valence-electron chi connectivity index (χ2n) is 5.06. The Morgan fingerprint density at radius 2 is 2.37 bits per heavy atom. The Morgan fingerprint density at radius 3 is 3.21 bits per heavy atom. The molecule has 100 valence electrons. The van der Waals surface area contributed by atoms with Crippen molar-refractivity contribution in [3.8, 4) is 5.75 Å². The Balaban J connectivity index is 1.95. The Labute approximate surface area is 113 Å². The van der Waals surface area contributed by atoms with Crippen LogP contribution >= 0.6 is 0 Å². The Hall–Kier alpha value is -1.81. The number of aromatic nitrogens is 2. The fraction of sp³-hybridized carbons (Fsp3) is 0.400. The van der Waals surface area contributed by atoms with Crippen LogP contribution in [0, 0.1) is 0 Å². The lowest BCUT2D eigenvalue weighted by atomic mass is 9.91. The molecule has 0 saturated carbocycles. The van der Waals surface area contributed by atoms with Gasteiger partial charge < -0.3 is 10.4 Å². The summed E-state index contributed by atoms with van der Waals surface area (Å²) in [6.45, 7) is 4.05. The maximum atomic E-state index is 9.69. The first kappa shape index (κ1) is 12.2. The number of nitrogens with one attached hydrogen (secondary N) is 1. The summed E-state index contributed by atoms with van der Waals surface area (Å²) in [6, 6.07) is 5.79. The third kappa shape index (κ3) is 2.36. The van der Waals surface area contributed by atoms with Crippen molar-refractivity contribution in [1.29, 1.82) is 0 Å². The second-order valence-corrected chi connectivity index (χ2v) is 5.06. The molecule has 1 unspecified atom stereocenters. The van der Waals surface area contributed by atoms with Crippen LogP contribution in [0.3, 0.4) is 0 Å². The first-order valence-corrected chi connectivity index (χ1v) is 6.85. The quantitative estimate of drug-likeness (QED) is 0.886. The van der Waals surface area contributed by atoms with E-state index >= 15 is 0 Å². The maximum Gasteiger partial charge on any atom is 0.115 e. The number of phenolic OH excluding ortho intramolecular Hbond substituents is 1. The van der Waals surface area contributed by atoms with Crippen molar-refractivity contribution >= 4 is 0 Å². The van der Waals surface area contributed by atoms with Crippen LogP contribution in [0.4, 0.5) is 0 Å². The van der Waals surface area contributed by atoms with Gasteiger partial charge in [-0.05, 0) is 36.1 Å². The van der Waals surface area contributed by atoms with Gasteiger partial charge in [-0.2, -0.15) is 5.10 Å². The summed E-state index contributed by atoms with van der Waals surface area (Å²) in [5.41, 5.74) is 3.65. The highest BCUT2D eigenvalue weighted by Crippen LogP contribution is 2.30. The number of nitrogens with zero attached hydrogens (tertiary/aromatic N) is 2. The Kier molecular flexibility index (Phi) is 3.25. The van der Waals surface area contributed by atoms with Crippen molar-refractivity contribution in [3.05, 3.63) is 47.3 Å². The van der Waals surface area contributed by atoms with E-state index in [0.29, 0.717) is 5.75 Å². The molecule has 0 spiro atoms. The number of hydrogen-bond acceptors (Lipinski definition) is 3. The standard InChI is InChI=1S/C15H19N3O/c1-2-7-18-10-12(9-17-18)15-14-8-13(19)4-3-11(14)5-6-16-15/h3-4,8-10,15-16,19H,2,5-7H2,1H3. The number of benzene rings is 1. The van der Waals surface area contributed by atoms with Crippen LogP contribution in [0.5, 0.6) is 5.75 Å². The second kappa shape index (κ2) is 5.05. The fourth-order valence-corrected chi connectivity index (χ4v) is 2.72. The van der Waals surface area contributed by atoms with Gasteiger partial charge in [-0.15, -0.1) is 0 Å². The van der Waals surface area contributed by atoms with E-state index in [9.17, 15) is 5.11 Å². The maximum absolute atomic E-state index is 9.69. The SMILES string of the molecule is CCCn1cc(C2NCCc3ccc(O)cc32)cn1. The molecule has 1 aromatic heterocycles. The largest absolute Gasteiger partial charge is 0.508 e. The van der Waals surface area contributed by atoms with E-state index in [2.05, 4.69) is 23.5 Å². The highest BCUT2D eigenvalue weighted by molar-refractivity contribution is 5.42. The van der Waals surface area contributed by atoms with Gasteiger partial charge in [0.25, 0.3) is 0 Å². The summed E-state index contributed by atoms with van der Waals surface area (Å²) >= 11 is 0. The zero-order valence-corrected chi connectivity index (χ0v) is 11.1. The highest BCUT2D eigenvalue weighted by Gasteiger charge is 2.22. The minimum absolute atomic E-state index is 0.140. The molecule has 4 heteroatoms. The average Bonchev–Trinajstić information content (AvgIpc) is 2.87. The van der Waals surface area contributed by atoms with Crippen LogP contribution in [-0.4, -0.2) is 21.4 Å². The number of phenols is 1. The Morgan fingerprint density at radius 1 is 1.47 bits per heavy atom. The number of hydrogen-bond donors (Lipinski definition) is 2. The van der Waals surface area contributed by atoms with Gasteiger partial charge in [0.1, 0.15) is 5.75 Å². The smallest absolute Gasteiger partial charge is 0.115 e. The van der Waals surface area contributed by atoms with E-state index in [1.165, 1.54) is 16.7 Å². The van der Waals surface area contributed by atoms with Gasteiger partial charge >= 0.3 is 0 Å². The molecule has 0 aliphatic carbocycles. The predicted molar refractivity (Wildman–Crippen MR) is 74.2 cm³/mol. The molecule has 0 fully saturated rings. The molecule has 19 heavy (non-hydrogen) atoms. The summed E-state index contributed by atoms with van der Waals surface area (Å²) < 4.78 is 1.98.